The predicted octanol–water partition coefficient (Wildman–Crippen LogP) is 4.03. The first kappa shape index (κ1) is 15.4. The summed E-state index contributed by atoms with van der Waals surface area (Å²) < 4.78 is 68.4. The zero-order valence-electron chi connectivity index (χ0n) is 10.8. The van der Waals surface area contributed by atoms with Crippen LogP contribution in [0.5, 0.6) is 0 Å². The van der Waals surface area contributed by atoms with Gasteiger partial charge in [0.1, 0.15) is 0 Å². The van der Waals surface area contributed by atoms with Gasteiger partial charge in [-0.05, 0) is 24.1 Å². The van der Waals surface area contributed by atoms with Crippen LogP contribution in [0.1, 0.15) is 18.9 Å². The lowest BCUT2D eigenvalue weighted by atomic mass is 10.2. The maximum atomic E-state index is 13.7. The summed E-state index contributed by atoms with van der Waals surface area (Å²) in [5, 5.41) is 0. The van der Waals surface area contributed by atoms with Crippen molar-refractivity contribution in [3.05, 3.63) is 34.7 Å². The molecule has 0 aromatic heterocycles. The number of allylic oxidation sites excluding steroid dienone is 1. The van der Waals surface area contributed by atoms with E-state index >= 15 is 0 Å². The van der Waals surface area contributed by atoms with E-state index in [1.54, 1.807) is 13.0 Å². The van der Waals surface area contributed by atoms with Gasteiger partial charge in [0.25, 0.3) is 10.1 Å². The van der Waals surface area contributed by atoms with Crippen molar-refractivity contribution in [1.29, 1.82) is 0 Å². The van der Waals surface area contributed by atoms with Crippen molar-refractivity contribution in [3.63, 3.8) is 0 Å². The van der Waals surface area contributed by atoms with Crippen LogP contribution < -0.4 is 0 Å². The van der Waals surface area contributed by atoms with Crippen molar-refractivity contribution in [2.24, 2.45) is 0 Å². The molecule has 0 amide bonds. The van der Waals surface area contributed by atoms with Crippen molar-refractivity contribution in [2.45, 2.75) is 23.7 Å². The Balaban J connectivity index is 2.76. The van der Waals surface area contributed by atoms with Gasteiger partial charge in [0, 0.05) is 20.1 Å². The Morgan fingerprint density at radius 1 is 1.25 bits per heavy atom. The van der Waals surface area contributed by atoms with Crippen LogP contribution in [0.15, 0.2) is 34.1 Å². The molecular weight excluding hydrogens is 313 g/mol. The van der Waals surface area contributed by atoms with E-state index < -0.39 is 25.9 Å². The summed E-state index contributed by atoms with van der Waals surface area (Å²) in [6, 6.07) is 5.86. The average Bonchev–Trinajstić information content (AvgIpc) is 2.62. The smallest absolute Gasteiger partial charge is 0.203 e. The summed E-state index contributed by atoms with van der Waals surface area (Å²) in [6.45, 7) is 1.55. The minimum absolute atomic E-state index is 0.0309. The van der Waals surface area contributed by atoms with Crippen LogP contribution in [-0.2, 0) is 13.7 Å². The third-order valence-corrected chi connectivity index (χ3v) is 7.41. The molecule has 1 unspecified atom stereocenters. The zero-order chi connectivity index (χ0) is 15.2. The molecule has 1 atom stereocenters. The van der Waals surface area contributed by atoms with E-state index in [0.29, 0.717) is 11.8 Å². The topological polar surface area (TPSA) is 43.4 Å². The van der Waals surface area contributed by atoms with Gasteiger partial charge in [0.2, 0.25) is 0 Å². The fraction of sp³-hybridized carbons (Fsp3) is 0.333. The Morgan fingerprint density at radius 2 is 1.85 bits per heavy atom. The highest BCUT2D eigenvalue weighted by Gasteiger charge is 2.59. The number of halogens is 3. The molecule has 1 aliphatic rings. The van der Waals surface area contributed by atoms with Gasteiger partial charge in [-0.15, -0.1) is 0 Å². The largest absolute Gasteiger partial charge is 0.456 e. The van der Waals surface area contributed by atoms with E-state index in [1.165, 1.54) is 24.3 Å². The normalized spacial score (nSPS) is 25.8. The Bertz CT molecular complexity index is 665. The SMILES string of the molecule is CCC1=Cc2ccccc2S1(OS(C)(=O)=O)C(F)(F)F. The summed E-state index contributed by atoms with van der Waals surface area (Å²) in [4.78, 5) is -0.133. The molecule has 20 heavy (non-hydrogen) atoms. The zero-order valence-corrected chi connectivity index (χ0v) is 12.4. The lowest BCUT2D eigenvalue weighted by Crippen LogP contribution is -2.25. The lowest BCUT2D eigenvalue weighted by molar-refractivity contribution is -0.0428. The maximum absolute atomic E-state index is 13.7. The molecule has 0 aliphatic carbocycles. The first-order valence-corrected chi connectivity index (χ1v) is 9.09. The first-order chi connectivity index (χ1) is 9.12. The molecule has 1 aliphatic heterocycles. The Hall–Kier alpha value is -0.990. The van der Waals surface area contributed by atoms with Gasteiger partial charge in [-0.3, -0.25) is 0 Å². The van der Waals surface area contributed by atoms with Crippen LogP contribution in [0.2, 0.25) is 0 Å². The number of fused-ring (bicyclic) bond motifs is 1. The van der Waals surface area contributed by atoms with E-state index in [2.05, 4.69) is 3.63 Å². The highest BCUT2D eigenvalue weighted by atomic mass is 32.3. The van der Waals surface area contributed by atoms with Gasteiger partial charge >= 0.3 is 5.51 Å². The van der Waals surface area contributed by atoms with Crippen molar-refractivity contribution >= 4 is 26.5 Å². The van der Waals surface area contributed by atoms with Crippen LogP contribution in [0, 0.1) is 0 Å². The lowest BCUT2D eigenvalue weighted by Gasteiger charge is -2.38. The van der Waals surface area contributed by atoms with E-state index in [9.17, 15) is 21.6 Å². The van der Waals surface area contributed by atoms with E-state index in [0.717, 1.165) is 0 Å². The molecule has 0 saturated heterocycles. The summed E-state index contributed by atoms with van der Waals surface area (Å²) >= 11 is 0. The molecular formula is C12H13F3O3S2. The number of hydrogen-bond donors (Lipinski definition) is 0. The monoisotopic (exact) mass is 326 g/mol. The number of alkyl halides is 3. The quantitative estimate of drug-likeness (QED) is 0.842. The van der Waals surface area contributed by atoms with Gasteiger partial charge in [-0.1, -0.05) is 25.1 Å². The number of benzene rings is 1. The highest BCUT2D eigenvalue weighted by molar-refractivity contribution is 8.36. The Kier molecular flexibility index (Phi) is 3.68. The van der Waals surface area contributed by atoms with E-state index in [1.807, 2.05) is 0 Å². The molecule has 0 bridgehead atoms. The molecule has 0 spiro atoms. The summed E-state index contributed by atoms with van der Waals surface area (Å²) in [6.07, 6.45) is 2.09. The maximum Gasteiger partial charge on any atom is 0.456 e. The molecule has 0 radical (unpaired) electrons. The summed E-state index contributed by atoms with van der Waals surface area (Å²) in [5.41, 5.74) is -4.43. The number of hydrogen-bond acceptors (Lipinski definition) is 3. The molecule has 3 nitrogen and oxygen atoms in total. The second-order valence-corrected chi connectivity index (χ2v) is 8.77. The van der Waals surface area contributed by atoms with Crippen LogP contribution in [0.3, 0.4) is 0 Å². The van der Waals surface area contributed by atoms with Gasteiger partial charge in [-0.25, -0.2) is 3.63 Å². The standard InChI is InChI=1S/C12H13F3O3S2/c1-3-10-8-9-6-4-5-7-11(9)20(10,12(13,14)15)18-19(2,16)17/h4-8H,3H2,1-2H3. The van der Waals surface area contributed by atoms with E-state index in [-0.39, 0.29) is 16.2 Å². The van der Waals surface area contributed by atoms with Crippen LogP contribution >= 0.6 is 10.3 Å². The third kappa shape index (κ3) is 2.36. The molecule has 112 valence electrons. The van der Waals surface area contributed by atoms with Gasteiger partial charge in [-0.2, -0.15) is 21.6 Å². The molecule has 0 N–H and O–H groups in total. The fourth-order valence-electron chi connectivity index (χ4n) is 2.14. The molecule has 1 heterocycles. The van der Waals surface area contributed by atoms with E-state index in [4.69, 9.17) is 0 Å². The van der Waals surface area contributed by atoms with Gasteiger partial charge in [0.05, 0.1) is 6.26 Å². The van der Waals surface area contributed by atoms with Crippen molar-refractivity contribution in [1.82, 2.24) is 0 Å². The Labute approximate surface area is 117 Å². The second kappa shape index (κ2) is 4.78. The van der Waals surface area contributed by atoms with Crippen molar-refractivity contribution in [2.75, 3.05) is 6.26 Å². The predicted molar refractivity (Wildman–Crippen MR) is 72.6 cm³/mol. The van der Waals surface area contributed by atoms with Crippen molar-refractivity contribution < 1.29 is 25.2 Å². The highest BCUT2D eigenvalue weighted by Crippen LogP contribution is 2.77. The van der Waals surface area contributed by atoms with Crippen LogP contribution in [0.4, 0.5) is 13.2 Å². The molecule has 0 saturated carbocycles. The molecule has 1 aromatic carbocycles. The Morgan fingerprint density at radius 3 is 2.35 bits per heavy atom. The average molecular weight is 326 g/mol. The summed E-state index contributed by atoms with van der Waals surface area (Å²) in [5.74, 6) is 0. The molecule has 1 aromatic rings. The molecule has 8 heteroatoms. The summed E-state index contributed by atoms with van der Waals surface area (Å²) in [7, 11) is -8.27. The molecule has 0 fully saturated rings. The minimum Gasteiger partial charge on any atom is -0.203 e. The third-order valence-electron chi connectivity index (χ3n) is 2.81. The van der Waals surface area contributed by atoms with Crippen LogP contribution in [0.25, 0.3) is 6.08 Å². The van der Waals surface area contributed by atoms with Gasteiger partial charge < -0.3 is 0 Å². The molecule has 2 rings (SSSR count). The fourth-order valence-corrected chi connectivity index (χ4v) is 6.83. The second-order valence-electron chi connectivity index (χ2n) is 4.28. The van der Waals surface area contributed by atoms with Crippen LogP contribution in [-0.4, -0.2) is 20.2 Å². The van der Waals surface area contributed by atoms with Crippen molar-refractivity contribution in [3.8, 4) is 0 Å². The number of rotatable bonds is 3. The minimum atomic E-state index is -4.79. The first-order valence-electron chi connectivity index (χ1n) is 5.72. The van der Waals surface area contributed by atoms with Gasteiger partial charge in [0.15, 0.2) is 0 Å².